The van der Waals surface area contributed by atoms with Crippen LogP contribution in [-0.4, -0.2) is 15.6 Å². The normalized spacial score (nSPS) is 14.6. The second kappa shape index (κ2) is 6.16. The van der Waals surface area contributed by atoms with E-state index in [0.717, 1.165) is 5.82 Å². The van der Waals surface area contributed by atoms with E-state index in [9.17, 15) is 0 Å². The van der Waals surface area contributed by atoms with Gasteiger partial charge in [-0.1, -0.05) is 19.4 Å². The molecule has 2 rings (SSSR count). The minimum Gasteiger partial charge on any atom is -0.336 e. The highest BCUT2D eigenvalue weighted by Gasteiger charge is 2.20. The van der Waals surface area contributed by atoms with Gasteiger partial charge in [-0.3, -0.25) is 0 Å². The molecule has 98 valence electrons. The first-order chi connectivity index (χ1) is 8.72. The zero-order valence-corrected chi connectivity index (χ0v) is 12.1. The van der Waals surface area contributed by atoms with Gasteiger partial charge in [0, 0.05) is 30.4 Å². The van der Waals surface area contributed by atoms with Gasteiger partial charge in [0.1, 0.15) is 11.9 Å². The summed E-state index contributed by atoms with van der Waals surface area (Å²) in [5.74, 6) is 1.08. The van der Waals surface area contributed by atoms with Crippen LogP contribution in [-0.2, 0) is 7.05 Å². The van der Waals surface area contributed by atoms with Gasteiger partial charge in [-0.25, -0.2) is 4.98 Å². The zero-order chi connectivity index (χ0) is 13.0. The smallest absolute Gasteiger partial charge is 0.131 e. The fraction of sp³-hybridized carbons (Fsp3) is 0.500. The number of rotatable bonds is 6. The van der Waals surface area contributed by atoms with E-state index in [1.807, 2.05) is 12.4 Å². The number of thiophene rings is 1. The van der Waals surface area contributed by atoms with Gasteiger partial charge in [0.05, 0.1) is 0 Å². The molecule has 18 heavy (non-hydrogen) atoms. The number of nitrogens with one attached hydrogen (secondary N) is 1. The second-order valence-corrected chi connectivity index (χ2v) is 5.68. The van der Waals surface area contributed by atoms with E-state index in [2.05, 4.69) is 53.3 Å². The van der Waals surface area contributed by atoms with Crippen LogP contribution >= 0.6 is 11.3 Å². The summed E-state index contributed by atoms with van der Waals surface area (Å²) in [5.41, 5.74) is 0. The molecule has 0 spiro atoms. The van der Waals surface area contributed by atoms with Gasteiger partial charge in [0.15, 0.2) is 0 Å². The van der Waals surface area contributed by atoms with Crippen molar-refractivity contribution < 1.29 is 0 Å². The summed E-state index contributed by atoms with van der Waals surface area (Å²) < 4.78 is 2.09. The van der Waals surface area contributed by atoms with Crippen LogP contribution in [0.4, 0.5) is 0 Å². The largest absolute Gasteiger partial charge is 0.336 e. The first-order valence-corrected chi connectivity index (χ1v) is 7.37. The Morgan fingerprint density at radius 1 is 1.50 bits per heavy atom. The van der Waals surface area contributed by atoms with Crippen molar-refractivity contribution in [1.82, 2.24) is 14.9 Å². The van der Waals surface area contributed by atoms with E-state index < -0.39 is 0 Å². The highest BCUT2D eigenvalue weighted by molar-refractivity contribution is 7.10. The fourth-order valence-corrected chi connectivity index (χ4v) is 2.98. The van der Waals surface area contributed by atoms with Crippen LogP contribution in [0.15, 0.2) is 29.9 Å². The van der Waals surface area contributed by atoms with E-state index in [1.165, 1.54) is 17.7 Å². The van der Waals surface area contributed by atoms with E-state index in [4.69, 9.17) is 0 Å². The Morgan fingerprint density at radius 3 is 2.89 bits per heavy atom. The van der Waals surface area contributed by atoms with Gasteiger partial charge in [0.25, 0.3) is 0 Å². The molecule has 0 bridgehead atoms. The quantitative estimate of drug-likeness (QED) is 0.866. The van der Waals surface area contributed by atoms with Crippen LogP contribution in [0.1, 0.15) is 43.4 Å². The molecule has 0 radical (unpaired) electrons. The third kappa shape index (κ3) is 3.00. The number of aromatic nitrogens is 2. The molecule has 2 heterocycles. The van der Waals surface area contributed by atoms with Gasteiger partial charge < -0.3 is 9.88 Å². The van der Waals surface area contributed by atoms with Gasteiger partial charge >= 0.3 is 0 Å². The second-order valence-electron chi connectivity index (χ2n) is 4.70. The SMILES string of the molecule is CCCC(C)NC(c1cccs1)c1nccn1C. The molecule has 0 aromatic carbocycles. The van der Waals surface area contributed by atoms with Crippen molar-refractivity contribution in [3.8, 4) is 0 Å². The molecule has 0 saturated carbocycles. The number of nitrogens with zero attached hydrogens (tertiary/aromatic N) is 2. The first-order valence-electron chi connectivity index (χ1n) is 6.49. The zero-order valence-electron chi connectivity index (χ0n) is 11.3. The monoisotopic (exact) mass is 263 g/mol. The summed E-state index contributed by atoms with van der Waals surface area (Å²) in [6.45, 7) is 4.46. The lowest BCUT2D eigenvalue weighted by molar-refractivity contribution is 0.454. The minimum absolute atomic E-state index is 0.201. The standard InChI is InChI=1S/C14H21N3S/c1-4-6-11(2)16-13(12-7-5-10-18-12)14-15-8-9-17(14)3/h5,7-11,13,16H,4,6H2,1-3H3. The van der Waals surface area contributed by atoms with Crippen LogP contribution in [0.25, 0.3) is 0 Å². The van der Waals surface area contributed by atoms with Gasteiger partial charge in [-0.15, -0.1) is 11.3 Å². The van der Waals surface area contributed by atoms with Crippen LogP contribution < -0.4 is 5.32 Å². The van der Waals surface area contributed by atoms with Crippen molar-refractivity contribution in [2.75, 3.05) is 0 Å². The molecule has 2 unspecified atom stereocenters. The highest BCUT2D eigenvalue weighted by Crippen LogP contribution is 2.25. The van der Waals surface area contributed by atoms with Crippen molar-refractivity contribution in [3.63, 3.8) is 0 Å². The summed E-state index contributed by atoms with van der Waals surface area (Å²) in [6.07, 6.45) is 6.25. The molecule has 0 aliphatic rings. The Labute approximate surface area is 113 Å². The summed E-state index contributed by atoms with van der Waals surface area (Å²) in [5, 5.41) is 5.81. The predicted octanol–water partition coefficient (Wildman–Crippen LogP) is 3.35. The number of hydrogen-bond acceptors (Lipinski definition) is 3. The van der Waals surface area contributed by atoms with Crippen molar-refractivity contribution in [3.05, 3.63) is 40.6 Å². The summed E-state index contributed by atoms with van der Waals surface area (Å²) in [6, 6.07) is 4.97. The Hall–Kier alpha value is -1.13. The molecule has 2 atom stereocenters. The topological polar surface area (TPSA) is 29.9 Å². The third-order valence-corrected chi connectivity index (χ3v) is 4.05. The minimum atomic E-state index is 0.201. The van der Waals surface area contributed by atoms with Crippen molar-refractivity contribution in [2.45, 2.75) is 38.8 Å². The summed E-state index contributed by atoms with van der Waals surface area (Å²) in [4.78, 5) is 5.82. The van der Waals surface area contributed by atoms with Crippen LogP contribution in [0.5, 0.6) is 0 Å². The lowest BCUT2D eigenvalue weighted by Crippen LogP contribution is -2.32. The average molecular weight is 263 g/mol. The first kappa shape index (κ1) is 13.3. The fourth-order valence-electron chi connectivity index (χ4n) is 2.20. The Kier molecular flexibility index (Phi) is 4.55. The van der Waals surface area contributed by atoms with Crippen LogP contribution in [0.3, 0.4) is 0 Å². The molecule has 2 aromatic rings. The van der Waals surface area contributed by atoms with Gasteiger partial charge in [-0.05, 0) is 24.8 Å². The molecular weight excluding hydrogens is 242 g/mol. The van der Waals surface area contributed by atoms with Gasteiger partial charge in [-0.2, -0.15) is 0 Å². The third-order valence-electron chi connectivity index (χ3n) is 3.12. The summed E-state index contributed by atoms with van der Waals surface area (Å²) in [7, 11) is 2.05. The highest BCUT2D eigenvalue weighted by atomic mass is 32.1. The van der Waals surface area contributed by atoms with Crippen molar-refractivity contribution in [2.24, 2.45) is 7.05 Å². The van der Waals surface area contributed by atoms with E-state index in [-0.39, 0.29) is 6.04 Å². The molecule has 0 aliphatic heterocycles. The van der Waals surface area contributed by atoms with E-state index in [0.29, 0.717) is 6.04 Å². The molecule has 0 saturated heterocycles. The maximum Gasteiger partial charge on any atom is 0.131 e. The number of hydrogen-bond donors (Lipinski definition) is 1. The molecule has 0 fully saturated rings. The molecular formula is C14H21N3S. The van der Waals surface area contributed by atoms with Gasteiger partial charge in [0.2, 0.25) is 0 Å². The molecule has 2 aromatic heterocycles. The Balaban J connectivity index is 2.22. The number of imidazole rings is 1. The molecule has 0 aliphatic carbocycles. The molecule has 1 N–H and O–H groups in total. The van der Waals surface area contributed by atoms with Crippen LogP contribution in [0.2, 0.25) is 0 Å². The average Bonchev–Trinajstić information content (AvgIpc) is 2.97. The Bertz CT molecular complexity index is 461. The Morgan fingerprint density at radius 2 is 2.33 bits per heavy atom. The number of aryl methyl sites for hydroxylation is 1. The lowest BCUT2D eigenvalue weighted by atomic mass is 10.1. The maximum atomic E-state index is 4.49. The van der Waals surface area contributed by atoms with E-state index >= 15 is 0 Å². The van der Waals surface area contributed by atoms with Crippen molar-refractivity contribution in [1.29, 1.82) is 0 Å². The van der Waals surface area contributed by atoms with E-state index in [1.54, 1.807) is 11.3 Å². The molecule has 4 heteroatoms. The molecule has 0 amide bonds. The summed E-state index contributed by atoms with van der Waals surface area (Å²) >= 11 is 1.78. The molecule has 3 nitrogen and oxygen atoms in total. The predicted molar refractivity (Wildman–Crippen MR) is 76.9 cm³/mol. The lowest BCUT2D eigenvalue weighted by Gasteiger charge is -2.22. The maximum absolute atomic E-state index is 4.49. The van der Waals surface area contributed by atoms with Crippen molar-refractivity contribution >= 4 is 11.3 Å². The van der Waals surface area contributed by atoms with Crippen LogP contribution in [0, 0.1) is 0 Å².